The summed E-state index contributed by atoms with van der Waals surface area (Å²) < 4.78 is 5.36. The van der Waals surface area contributed by atoms with Crippen LogP contribution in [0.25, 0.3) is 43.1 Å². The fraction of sp³-hybridized carbons (Fsp3) is 0.362. The number of aryl methyl sites for hydroxylation is 4. The summed E-state index contributed by atoms with van der Waals surface area (Å²) >= 11 is 25.6. The number of likely N-dealkylation sites (N-methyl/N-ethyl adjacent to an activating group) is 1. The molecule has 0 spiro atoms. The topological polar surface area (TPSA) is 346 Å². The van der Waals surface area contributed by atoms with Gasteiger partial charge in [0.25, 0.3) is 0 Å². The van der Waals surface area contributed by atoms with Crippen LogP contribution in [0.2, 0.25) is 20.1 Å². The minimum atomic E-state index is 0.0198. The van der Waals surface area contributed by atoms with E-state index < -0.39 is 0 Å². The van der Waals surface area contributed by atoms with Gasteiger partial charge in [-0.3, -0.25) is 24.1 Å². The van der Waals surface area contributed by atoms with Gasteiger partial charge in [0, 0.05) is 197 Å². The molecule has 4 aliphatic rings. The standard InChI is InChI=1S/C24H29ClN6O.2C24H28ClN5O.C22H23ClN4O2/c1-30-10-12-31(13-11-30)9-8-28-24-21(25)15-19(16-29-24)22(32)5-3-17-2-4-20-18(14-17)6-7-27-23(20)26;1-30-10-7-17(8-11-30)14-28-24-21(25)13-19(15-29-24)22(31)5-3-16-2-4-20-18(12-16)6-9-27-23(20)26;25-21-15-19(16-29-24(21)28-10-13-30-11-2-1-3-12-30)22(31)7-5-17-4-6-20-18(14-17)8-9-27-23(20)26;23-19-12-16(13-26-22(19)27-17-6-9-29-10-7-17)20(28)4-2-14-1-3-18-15(11-14)5-8-25-21(18)24/h2,4,6-7,14-16H,3,5,8-13H2,1H3,(H2,26,27)(H,28,29);2,4,6,9,12-13,15,17H,3,5,7-8,10-11,14H2,1H3,(H2,26,27)(H,28,29);4,6,8-9,14-16H,1-3,5,7,10-13H2,(H2,26,27)(H,28,29);1,3,5,8,11-13,17H,2,4,6-7,9-10H2,(H2,24,25)(H,26,27). The minimum absolute atomic E-state index is 0.0198. The molecule has 12 aromatic rings. The fourth-order valence-corrected chi connectivity index (χ4v) is 16.5. The zero-order valence-electron chi connectivity index (χ0n) is 69.8. The molecule has 25 nitrogen and oxygen atoms in total. The van der Waals surface area contributed by atoms with Crippen molar-refractivity contribution >= 4 is 159 Å². The molecular formula is C94H108Cl4N20O5. The van der Waals surface area contributed by atoms with E-state index in [1.54, 1.807) is 73.8 Å². The number of Topliss-reactive ketones (excluding diaryl/α,β-unsaturated/α-hetero) is 4. The van der Waals surface area contributed by atoms with Crippen LogP contribution in [0.1, 0.15) is 134 Å². The smallest absolute Gasteiger partial charge is 0.164 e. The highest BCUT2D eigenvalue weighted by molar-refractivity contribution is 6.34. The van der Waals surface area contributed by atoms with Crippen molar-refractivity contribution in [3.05, 3.63) is 236 Å². The number of likely N-dealkylation sites (tertiary alicyclic amines) is 2. The molecule has 123 heavy (non-hydrogen) atoms. The third-order valence-electron chi connectivity index (χ3n) is 23.1. The van der Waals surface area contributed by atoms with E-state index in [0.717, 1.165) is 176 Å². The molecular weight excluding hydrogens is 1630 g/mol. The summed E-state index contributed by atoms with van der Waals surface area (Å²) in [5, 5.41) is 23.0. The molecule has 8 aromatic heterocycles. The van der Waals surface area contributed by atoms with Crippen LogP contribution in [0.15, 0.2) is 171 Å². The van der Waals surface area contributed by atoms with E-state index in [4.69, 9.17) is 74.1 Å². The molecule has 0 bridgehead atoms. The Kier molecular flexibility index (Phi) is 32.5. The summed E-state index contributed by atoms with van der Waals surface area (Å²) in [5.74, 6) is 5.34. The van der Waals surface area contributed by atoms with Crippen molar-refractivity contribution in [3.8, 4) is 0 Å². The number of piperidine rings is 2. The van der Waals surface area contributed by atoms with E-state index >= 15 is 0 Å². The first-order valence-electron chi connectivity index (χ1n) is 42.3. The molecule has 0 atom stereocenters. The lowest BCUT2D eigenvalue weighted by atomic mass is 9.97. The van der Waals surface area contributed by atoms with Crippen LogP contribution >= 0.6 is 46.4 Å². The Hall–Kier alpha value is -10.8. The third kappa shape index (κ3) is 25.9. The number of ether oxygens (including phenoxy) is 1. The zero-order chi connectivity index (χ0) is 86.1. The quantitative estimate of drug-likeness (QED) is 0.0202. The Morgan fingerprint density at radius 3 is 1.06 bits per heavy atom. The first-order valence-corrected chi connectivity index (χ1v) is 43.9. The second-order valence-corrected chi connectivity index (χ2v) is 33.6. The van der Waals surface area contributed by atoms with Crippen molar-refractivity contribution in [2.24, 2.45) is 5.92 Å². The van der Waals surface area contributed by atoms with Crippen LogP contribution in [0.4, 0.5) is 46.5 Å². The van der Waals surface area contributed by atoms with Crippen molar-refractivity contribution in [3.63, 3.8) is 0 Å². The number of aromatic nitrogens is 8. The molecule has 0 unspecified atom stereocenters. The molecule has 16 rings (SSSR count). The van der Waals surface area contributed by atoms with E-state index in [2.05, 4.69) is 113 Å². The highest BCUT2D eigenvalue weighted by Crippen LogP contribution is 2.31. The summed E-state index contributed by atoms with van der Waals surface area (Å²) in [6, 6.07) is 38.9. The van der Waals surface area contributed by atoms with Gasteiger partial charge < -0.3 is 63.6 Å². The minimum Gasteiger partial charge on any atom is -0.383 e. The lowest BCUT2D eigenvalue weighted by molar-refractivity contribution is 0.0903. The fourth-order valence-electron chi connectivity index (χ4n) is 15.6. The molecule has 4 aliphatic heterocycles. The van der Waals surface area contributed by atoms with Gasteiger partial charge in [0.05, 0.1) is 20.1 Å². The zero-order valence-corrected chi connectivity index (χ0v) is 72.8. The molecule has 0 radical (unpaired) electrons. The Labute approximate surface area is 738 Å². The predicted octanol–water partition coefficient (Wildman–Crippen LogP) is 16.6. The molecule has 12 heterocycles. The molecule has 12 N–H and O–H groups in total. The summed E-state index contributed by atoms with van der Waals surface area (Å²) in [4.78, 5) is 94.2. The number of ketones is 4. The Morgan fingerprint density at radius 2 is 0.707 bits per heavy atom. The van der Waals surface area contributed by atoms with Crippen LogP contribution in [0, 0.1) is 5.92 Å². The number of hydrogen-bond acceptors (Lipinski definition) is 25. The number of piperazine rings is 1. The van der Waals surface area contributed by atoms with Crippen LogP contribution in [-0.4, -0.2) is 201 Å². The van der Waals surface area contributed by atoms with Crippen LogP contribution in [-0.2, 0) is 30.4 Å². The van der Waals surface area contributed by atoms with E-state index in [9.17, 15) is 19.2 Å². The number of hydrogen-bond donors (Lipinski definition) is 8. The molecule has 4 fully saturated rings. The number of nitrogens with two attached hydrogens (primary N) is 4. The number of nitrogens with one attached hydrogen (secondary N) is 4. The summed E-state index contributed by atoms with van der Waals surface area (Å²) in [6.07, 6.45) is 25.4. The Balaban J connectivity index is 0.000000141. The third-order valence-corrected chi connectivity index (χ3v) is 24.3. The molecule has 29 heteroatoms. The highest BCUT2D eigenvalue weighted by Gasteiger charge is 2.23. The van der Waals surface area contributed by atoms with Crippen LogP contribution in [0.3, 0.4) is 0 Å². The first kappa shape index (κ1) is 89.9. The molecule has 4 saturated heterocycles. The maximum Gasteiger partial charge on any atom is 0.164 e. The lowest BCUT2D eigenvalue weighted by Gasteiger charge is -2.32. The predicted molar refractivity (Wildman–Crippen MR) is 500 cm³/mol. The highest BCUT2D eigenvalue weighted by atomic mass is 35.5. The monoisotopic (exact) mass is 1740 g/mol. The molecule has 0 amide bonds. The maximum absolute atomic E-state index is 12.7. The van der Waals surface area contributed by atoms with Crippen LogP contribution in [0.5, 0.6) is 0 Å². The van der Waals surface area contributed by atoms with Crippen molar-refractivity contribution in [2.75, 3.05) is 157 Å². The number of rotatable bonds is 29. The second-order valence-electron chi connectivity index (χ2n) is 32.0. The number of nitrogens with zero attached hydrogens (tertiary/aromatic N) is 12. The number of halogens is 4. The number of anilines is 8. The van der Waals surface area contributed by atoms with E-state index in [1.165, 1.54) is 32.1 Å². The summed E-state index contributed by atoms with van der Waals surface area (Å²) in [5.41, 5.74) is 30.1. The van der Waals surface area contributed by atoms with Gasteiger partial charge in [0.2, 0.25) is 0 Å². The van der Waals surface area contributed by atoms with Crippen molar-refractivity contribution in [1.82, 2.24) is 59.5 Å². The van der Waals surface area contributed by atoms with E-state index in [1.807, 2.05) is 78.9 Å². The number of carbonyl (C=O) groups excluding carboxylic acids is 4. The van der Waals surface area contributed by atoms with Gasteiger partial charge in [0.15, 0.2) is 23.1 Å². The van der Waals surface area contributed by atoms with Gasteiger partial charge in [-0.15, -0.1) is 0 Å². The van der Waals surface area contributed by atoms with Gasteiger partial charge in [-0.1, -0.05) is 126 Å². The average molecular weight is 1740 g/mol. The van der Waals surface area contributed by atoms with Crippen molar-refractivity contribution in [1.29, 1.82) is 0 Å². The van der Waals surface area contributed by atoms with Crippen LogP contribution < -0.4 is 44.2 Å². The maximum atomic E-state index is 12.7. The van der Waals surface area contributed by atoms with E-state index in [0.29, 0.717) is 152 Å². The number of carbonyl (C=O) groups is 4. The molecule has 0 saturated carbocycles. The number of benzene rings is 4. The molecule has 0 aliphatic carbocycles. The number of nitrogen functional groups attached to an aromatic ring is 4. The van der Waals surface area contributed by atoms with Gasteiger partial charge in [0.1, 0.15) is 46.5 Å². The molecule has 642 valence electrons. The molecule has 4 aromatic carbocycles. The Bertz CT molecular complexity index is 5650. The largest absolute Gasteiger partial charge is 0.383 e. The van der Waals surface area contributed by atoms with Gasteiger partial charge in [-0.2, -0.15) is 0 Å². The van der Waals surface area contributed by atoms with Gasteiger partial charge in [-0.05, 0) is 203 Å². The number of pyridine rings is 8. The summed E-state index contributed by atoms with van der Waals surface area (Å²) in [7, 11) is 4.31. The number of fused-ring (bicyclic) bond motifs is 4. The normalized spacial score (nSPS) is 15.0. The average Bonchev–Trinajstić information content (AvgIpc) is 0.829. The van der Waals surface area contributed by atoms with Gasteiger partial charge in [-0.25, -0.2) is 39.9 Å². The first-order chi connectivity index (χ1) is 59.7. The van der Waals surface area contributed by atoms with Crippen molar-refractivity contribution < 1.29 is 23.9 Å². The second kappa shape index (κ2) is 44.5. The Morgan fingerprint density at radius 1 is 0.382 bits per heavy atom. The van der Waals surface area contributed by atoms with Gasteiger partial charge >= 0.3 is 0 Å². The summed E-state index contributed by atoms with van der Waals surface area (Å²) in [6.45, 7) is 14.8. The van der Waals surface area contributed by atoms with E-state index in [-0.39, 0.29) is 23.1 Å². The lowest BCUT2D eigenvalue weighted by Crippen LogP contribution is -2.45. The SMILES string of the molecule is CN1CCC(CNc2ncc(C(=O)CCc3ccc4c(N)nccc4c3)cc2Cl)CC1.CN1CCN(CCNc2ncc(C(=O)CCc3ccc4c(N)nccc4c3)cc2Cl)CC1.Nc1nccc2cc(CCC(=O)c3cnc(NC4CCOCC4)c(Cl)c3)ccc12.Nc1nccc2cc(CCC(=O)c3cnc(NCCN4CCCCC4)c(Cl)c3)ccc12. The van der Waals surface area contributed by atoms with Crippen molar-refractivity contribution in [2.45, 2.75) is 102 Å².